The number of benzene rings is 3. The molecule has 1 aromatic heterocycles. The van der Waals surface area contributed by atoms with Gasteiger partial charge in [0.25, 0.3) is 0 Å². The monoisotopic (exact) mass is 357 g/mol. The van der Waals surface area contributed by atoms with Crippen molar-refractivity contribution in [3.63, 3.8) is 0 Å². The summed E-state index contributed by atoms with van der Waals surface area (Å²) in [6.45, 7) is 0. The number of hydrogen-bond donors (Lipinski definition) is 0. The van der Waals surface area contributed by atoms with Crippen molar-refractivity contribution < 1.29 is 14.0 Å². The molecule has 0 saturated heterocycles. The zero-order valence-corrected chi connectivity index (χ0v) is 15.2. The first-order chi connectivity index (χ1) is 13.3. The molecule has 4 nitrogen and oxygen atoms in total. The van der Waals surface area contributed by atoms with Crippen LogP contribution in [0.15, 0.2) is 83.4 Å². The Kier molecular flexibility index (Phi) is 4.62. The molecule has 0 aliphatic carbocycles. The van der Waals surface area contributed by atoms with Gasteiger partial charge in [0.2, 0.25) is 0 Å². The maximum absolute atomic E-state index is 5.80. The molecule has 27 heavy (non-hydrogen) atoms. The van der Waals surface area contributed by atoms with E-state index in [2.05, 4.69) is 17.3 Å². The first kappa shape index (κ1) is 16.9. The fourth-order valence-corrected chi connectivity index (χ4v) is 3.05. The zero-order chi connectivity index (χ0) is 18.6. The van der Waals surface area contributed by atoms with Gasteiger partial charge in [-0.15, -0.1) is 0 Å². The van der Waals surface area contributed by atoms with Gasteiger partial charge >= 0.3 is 0 Å². The minimum atomic E-state index is 0.731. The average molecular weight is 357 g/mol. The van der Waals surface area contributed by atoms with E-state index in [-0.39, 0.29) is 0 Å². The molecule has 1 heterocycles. The number of nitrogens with zero attached hydrogens (tertiary/aromatic N) is 1. The van der Waals surface area contributed by atoms with Crippen LogP contribution in [-0.4, -0.2) is 19.4 Å². The summed E-state index contributed by atoms with van der Waals surface area (Å²) in [5.41, 5.74) is 4.73. The maximum atomic E-state index is 5.80. The van der Waals surface area contributed by atoms with Crippen molar-refractivity contribution in [2.75, 3.05) is 14.2 Å². The second-order valence-electron chi connectivity index (χ2n) is 6.06. The van der Waals surface area contributed by atoms with Crippen LogP contribution >= 0.6 is 0 Å². The van der Waals surface area contributed by atoms with E-state index in [4.69, 9.17) is 14.0 Å². The van der Waals surface area contributed by atoms with Crippen LogP contribution in [0.3, 0.4) is 0 Å². The van der Waals surface area contributed by atoms with Crippen LogP contribution in [0.25, 0.3) is 33.7 Å². The lowest BCUT2D eigenvalue weighted by molar-refractivity contribution is 0.414. The largest absolute Gasteiger partial charge is 0.497 e. The number of aromatic nitrogens is 1. The quantitative estimate of drug-likeness (QED) is 0.460. The molecule has 0 spiro atoms. The fourth-order valence-electron chi connectivity index (χ4n) is 3.05. The first-order valence-corrected chi connectivity index (χ1v) is 8.64. The topological polar surface area (TPSA) is 44.5 Å². The van der Waals surface area contributed by atoms with Crippen molar-refractivity contribution in [2.24, 2.45) is 0 Å². The maximum Gasteiger partial charge on any atom is 0.175 e. The predicted octanol–water partition coefficient (Wildman–Crippen LogP) is 5.69. The molecule has 0 saturated carbocycles. The van der Waals surface area contributed by atoms with Crippen molar-refractivity contribution >= 4 is 0 Å². The second kappa shape index (κ2) is 7.38. The van der Waals surface area contributed by atoms with Gasteiger partial charge in [0.05, 0.1) is 19.8 Å². The summed E-state index contributed by atoms with van der Waals surface area (Å²) in [6, 6.07) is 25.7. The minimum absolute atomic E-state index is 0.731. The molecular weight excluding hydrogens is 338 g/mol. The molecule has 0 radical (unpaired) electrons. The normalized spacial score (nSPS) is 10.6. The third kappa shape index (κ3) is 3.29. The number of methoxy groups -OCH3 is 2. The molecule has 4 aromatic rings. The lowest BCUT2D eigenvalue weighted by Crippen LogP contribution is -1.87. The van der Waals surface area contributed by atoms with Gasteiger partial charge in [0.15, 0.2) is 5.76 Å². The highest BCUT2D eigenvalue weighted by molar-refractivity contribution is 5.90. The first-order valence-electron chi connectivity index (χ1n) is 8.64. The lowest BCUT2D eigenvalue weighted by Gasteiger charge is -2.06. The highest BCUT2D eigenvalue weighted by atomic mass is 16.5. The Morgan fingerprint density at radius 3 is 1.74 bits per heavy atom. The van der Waals surface area contributed by atoms with E-state index in [0.717, 1.165) is 45.2 Å². The molecular formula is C23H19NO3. The Balaban J connectivity index is 1.87. The Labute approximate surface area is 158 Å². The summed E-state index contributed by atoms with van der Waals surface area (Å²) in [7, 11) is 3.31. The summed E-state index contributed by atoms with van der Waals surface area (Å²) < 4.78 is 16.3. The highest BCUT2D eigenvalue weighted by Crippen LogP contribution is 2.40. The van der Waals surface area contributed by atoms with Crippen LogP contribution in [0, 0.1) is 0 Å². The van der Waals surface area contributed by atoms with Gasteiger partial charge in [0.1, 0.15) is 17.2 Å². The van der Waals surface area contributed by atoms with E-state index in [1.165, 1.54) is 0 Å². The molecule has 0 unspecified atom stereocenters. The van der Waals surface area contributed by atoms with Gasteiger partial charge in [0, 0.05) is 11.1 Å². The molecule has 4 rings (SSSR count). The van der Waals surface area contributed by atoms with Crippen LogP contribution in [0.2, 0.25) is 0 Å². The van der Waals surface area contributed by atoms with Gasteiger partial charge in [-0.3, -0.25) is 0 Å². The summed E-state index contributed by atoms with van der Waals surface area (Å²) in [5.74, 6) is 2.34. The van der Waals surface area contributed by atoms with Gasteiger partial charge in [-0.25, -0.2) is 0 Å². The second-order valence-corrected chi connectivity index (χ2v) is 6.06. The third-order valence-corrected chi connectivity index (χ3v) is 4.47. The molecule has 4 heteroatoms. The Morgan fingerprint density at radius 1 is 0.630 bits per heavy atom. The predicted molar refractivity (Wildman–Crippen MR) is 106 cm³/mol. The van der Waals surface area contributed by atoms with Crippen molar-refractivity contribution in [3.05, 3.63) is 78.9 Å². The Bertz CT molecular complexity index is 955. The fraction of sp³-hybridized carbons (Fsp3) is 0.0870. The number of ether oxygens (including phenoxy) is 2. The summed E-state index contributed by atoms with van der Waals surface area (Å²) >= 11 is 0. The molecule has 0 aliphatic rings. The SMILES string of the molecule is COc1ccc(-c2noc(-c3ccc(OC)cc3)c2-c2ccccc2)cc1. The summed E-state index contributed by atoms with van der Waals surface area (Å²) in [5, 5.41) is 4.39. The van der Waals surface area contributed by atoms with E-state index in [1.807, 2.05) is 66.7 Å². The molecule has 0 aliphatic heterocycles. The number of hydrogen-bond acceptors (Lipinski definition) is 4. The van der Waals surface area contributed by atoms with Crippen molar-refractivity contribution in [1.82, 2.24) is 5.16 Å². The molecule has 0 bridgehead atoms. The van der Waals surface area contributed by atoms with Gasteiger partial charge < -0.3 is 14.0 Å². The van der Waals surface area contributed by atoms with Crippen LogP contribution in [0.5, 0.6) is 11.5 Å². The van der Waals surface area contributed by atoms with E-state index in [1.54, 1.807) is 14.2 Å². The van der Waals surface area contributed by atoms with E-state index < -0.39 is 0 Å². The number of rotatable bonds is 5. The molecule has 0 fully saturated rings. The lowest BCUT2D eigenvalue weighted by atomic mass is 9.96. The third-order valence-electron chi connectivity index (χ3n) is 4.47. The van der Waals surface area contributed by atoms with Crippen molar-refractivity contribution in [1.29, 1.82) is 0 Å². The highest BCUT2D eigenvalue weighted by Gasteiger charge is 2.20. The van der Waals surface area contributed by atoms with Crippen LogP contribution < -0.4 is 9.47 Å². The molecule has 3 aromatic carbocycles. The van der Waals surface area contributed by atoms with E-state index in [9.17, 15) is 0 Å². The standard InChI is InChI=1S/C23H19NO3/c1-25-19-12-8-17(9-13-19)22-21(16-6-4-3-5-7-16)23(27-24-22)18-10-14-20(26-2)15-11-18/h3-15H,1-2H3. The van der Waals surface area contributed by atoms with Gasteiger partial charge in [-0.05, 0) is 54.1 Å². The van der Waals surface area contributed by atoms with Gasteiger partial charge in [-0.2, -0.15) is 0 Å². The minimum Gasteiger partial charge on any atom is -0.497 e. The smallest absolute Gasteiger partial charge is 0.175 e. The van der Waals surface area contributed by atoms with Crippen LogP contribution in [0.4, 0.5) is 0 Å². The molecule has 0 amide bonds. The molecule has 0 atom stereocenters. The van der Waals surface area contributed by atoms with Gasteiger partial charge in [-0.1, -0.05) is 35.5 Å². The Morgan fingerprint density at radius 2 is 1.19 bits per heavy atom. The van der Waals surface area contributed by atoms with Crippen LogP contribution in [0.1, 0.15) is 0 Å². The summed E-state index contributed by atoms with van der Waals surface area (Å²) in [6.07, 6.45) is 0. The molecule has 0 N–H and O–H groups in total. The van der Waals surface area contributed by atoms with E-state index in [0.29, 0.717) is 0 Å². The molecule has 134 valence electrons. The van der Waals surface area contributed by atoms with Crippen molar-refractivity contribution in [2.45, 2.75) is 0 Å². The van der Waals surface area contributed by atoms with Crippen molar-refractivity contribution in [3.8, 4) is 45.2 Å². The zero-order valence-electron chi connectivity index (χ0n) is 15.2. The van der Waals surface area contributed by atoms with Crippen LogP contribution in [-0.2, 0) is 0 Å². The summed E-state index contributed by atoms with van der Waals surface area (Å²) in [4.78, 5) is 0. The Hall–Kier alpha value is -3.53. The average Bonchev–Trinajstić information content (AvgIpc) is 3.19. The van der Waals surface area contributed by atoms with E-state index >= 15 is 0 Å².